The fourth-order valence-electron chi connectivity index (χ4n) is 3.41. The van der Waals surface area contributed by atoms with Gasteiger partial charge < -0.3 is 20.4 Å². The number of carbonyl (C=O) groups excluding carboxylic acids is 1. The number of hydrogen-bond donors (Lipinski definition) is 3. The van der Waals surface area contributed by atoms with Gasteiger partial charge in [-0.3, -0.25) is 0 Å². The second kappa shape index (κ2) is 7.58. The van der Waals surface area contributed by atoms with Crippen molar-refractivity contribution >= 4 is 17.4 Å². The van der Waals surface area contributed by atoms with Crippen LogP contribution in [-0.4, -0.2) is 28.5 Å². The van der Waals surface area contributed by atoms with E-state index in [-0.39, 0.29) is 6.03 Å². The number of imidazole rings is 1. The van der Waals surface area contributed by atoms with Crippen LogP contribution in [0.2, 0.25) is 0 Å². The van der Waals surface area contributed by atoms with Crippen LogP contribution < -0.4 is 16.0 Å². The molecule has 0 radical (unpaired) electrons. The third-order valence-corrected chi connectivity index (χ3v) is 4.89. The molecular weight excluding hydrogens is 326 g/mol. The van der Waals surface area contributed by atoms with Gasteiger partial charge in [0.2, 0.25) is 0 Å². The van der Waals surface area contributed by atoms with Gasteiger partial charge in [0.1, 0.15) is 5.65 Å². The van der Waals surface area contributed by atoms with Crippen molar-refractivity contribution in [3.8, 4) is 0 Å². The molecule has 0 atom stereocenters. The zero-order chi connectivity index (χ0) is 17.8. The van der Waals surface area contributed by atoms with Crippen molar-refractivity contribution in [2.75, 3.05) is 18.4 Å². The lowest BCUT2D eigenvalue weighted by molar-refractivity contribution is 0.251. The largest absolute Gasteiger partial charge is 0.334 e. The smallest absolute Gasteiger partial charge is 0.319 e. The van der Waals surface area contributed by atoms with Gasteiger partial charge >= 0.3 is 6.03 Å². The highest BCUT2D eigenvalue weighted by molar-refractivity contribution is 5.89. The van der Waals surface area contributed by atoms with Crippen LogP contribution in [0.4, 0.5) is 10.5 Å². The first-order chi connectivity index (χ1) is 12.8. The van der Waals surface area contributed by atoms with Gasteiger partial charge in [0, 0.05) is 30.8 Å². The Hall–Kier alpha value is -2.86. The van der Waals surface area contributed by atoms with Crippen molar-refractivity contribution in [1.29, 1.82) is 0 Å². The molecule has 134 valence electrons. The first kappa shape index (κ1) is 16.6. The molecule has 3 N–H and O–H groups in total. The number of amides is 2. The molecule has 2 amide bonds. The number of aromatic nitrogens is 2. The maximum absolute atomic E-state index is 12.1. The fourth-order valence-corrected chi connectivity index (χ4v) is 3.41. The molecule has 2 aromatic heterocycles. The summed E-state index contributed by atoms with van der Waals surface area (Å²) in [4.78, 5) is 16.4. The van der Waals surface area contributed by atoms with Gasteiger partial charge in [-0.1, -0.05) is 12.1 Å². The number of piperidine rings is 1. The van der Waals surface area contributed by atoms with E-state index in [1.54, 1.807) is 6.20 Å². The first-order valence-corrected chi connectivity index (χ1v) is 9.05. The van der Waals surface area contributed by atoms with E-state index in [9.17, 15) is 4.79 Å². The molecule has 1 aromatic carbocycles. The topological polar surface area (TPSA) is 70.5 Å². The predicted molar refractivity (Wildman–Crippen MR) is 102 cm³/mol. The van der Waals surface area contributed by atoms with Crippen LogP contribution in [0, 0.1) is 0 Å². The van der Waals surface area contributed by atoms with E-state index in [2.05, 4.69) is 33.1 Å². The van der Waals surface area contributed by atoms with Crippen LogP contribution in [0.5, 0.6) is 0 Å². The van der Waals surface area contributed by atoms with E-state index in [1.807, 2.05) is 41.1 Å². The van der Waals surface area contributed by atoms with Crippen molar-refractivity contribution < 1.29 is 4.79 Å². The quantitative estimate of drug-likeness (QED) is 0.678. The lowest BCUT2D eigenvalue weighted by atomic mass is 9.90. The van der Waals surface area contributed by atoms with Gasteiger partial charge in [0.15, 0.2) is 0 Å². The summed E-state index contributed by atoms with van der Waals surface area (Å²) in [6.45, 7) is 2.62. The molecule has 1 aliphatic heterocycles. The summed E-state index contributed by atoms with van der Waals surface area (Å²) in [5.41, 5.74) is 4.05. The average molecular weight is 349 g/mol. The molecule has 3 aromatic rings. The Labute approximate surface area is 152 Å². The lowest BCUT2D eigenvalue weighted by Gasteiger charge is -2.23. The number of anilines is 1. The number of pyridine rings is 1. The molecule has 6 nitrogen and oxygen atoms in total. The van der Waals surface area contributed by atoms with Crippen molar-refractivity contribution in [2.45, 2.75) is 25.3 Å². The lowest BCUT2D eigenvalue weighted by Crippen LogP contribution is -2.28. The molecular formula is C20H23N5O. The van der Waals surface area contributed by atoms with Crippen molar-refractivity contribution in [3.05, 3.63) is 66.1 Å². The van der Waals surface area contributed by atoms with Gasteiger partial charge in [-0.05, 0) is 67.2 Å². The molecule has 0 bridgehead atoms. The van der Waals surface area contributed by atoms with E-state index in [0.29, 0.717) is 12.5 Å². The van der Waals surface area contributed by atoms with E-state index >= 15 is 0 Å². The van der Waals surface area contributed by atoms with Gasteiger partial charge in [0.25, 0.3) is 0 Å². The molecule has 4 rings (SSSR count). The second-order valence-corrected chi connectivity index (χ2v) is 6.68. The summed E-state index contributed by atoms with van der Waals surface area (Å²) in [7, 11) is 0. The van der Waals surface area contributed by atoms with E-state index in [1.165, 1.54) is 18.4 Å². The molecule has 0 spiro atoms. The normalized spacial score (nSPS) is 15.1. The SMILES string of the molecule is O=C(NCc1ccn2ccnc2c1)Nc1ccc(C2CCNCC2)cc1. The van der Waals surface area contributed by atoms with Crippen molar-refractivity contribution in [2.24, 2.45) is 0 Å². The van der Waals surface area contributed by atoms with E-state index in [4.69, 9.17) is 0 Å². The summed E-state index contributed by atoms with van der Waals surface area (Å²) >= 11 is 0. The van der Waals surface area contributed by atoms with Crippen LogP contribution in [0.25, 0.3) is 5.65 Å². The van der Waals surface area contributed by atoms with Crippen molar-refractivity contribution in [1.82, 2.24) is 20.0 Å². The third-order valence-electron chi connectivity index (χ3n) is 4.89. The summed E-state index contributed by atoms with van der Waals surface area (Å²) < 4.78 is 1.94. The maximum atomic E-state index is 12.1. The zero-order valence-electron chi connectivity index (χ0n) is 14.6. The zero-order valence-corrected chi connectivity index (χ0v) is 14.6. The molecule has 1 aliphatic rings. The number of rotatable bonds is 4. The third kappa shape index (κ3) is 3.86. The number of hydrogen-bond acceptors (Lipinski definition) is 3. The highest BCUT2D eigenvalue weighted by atomic mass is 16.2. The maximum Gasteiger partial charge on any atom is 0.319 e. The number of nitrogens with one attached hydrogen (secondary N) is 3. The Bertz CT molecular complexity index is 881. The van der Waals surface area contributed by atoms with Gasteiger partial charge in [-0.2, -0.15) is 0 Å². The first-order valence-electron chi connectivity index (χ1n) is 9.05. The predicted octanol–water partition coefficient (Wildman–Crippen LogP) is 3.12. The second-order valence-electron chi connectivity index (χ2n) is 6.68. The van der Waals surface area contributed by atoms with Gasteiger partial charge in [-0.15, -0.1) is 0 Å². The highest BCUT2D eigenvalue weighted by Crippen LogP contribution is 2.26. The molecule has 0 saturated carbocycles. The Balaban J connectivity index is 1.31. The summed E-state index contributed by atoms with van der Waals surface area (Å²) in [5.74, 6) is 0.622. The minimum Gasteiger partial charge on any atom is -0.334 e. The van der Waals surface area contributed by atoms with Crippen molar-refractivity contribution in [3.63, 3.8) is 0 Å². The molecule has 1 saturated heterocycles. The van der Waals surface area contributed by atoms with Gasteiger partial charge in [0.05, 0.1) is 0 Å². The minimum atomic E-state index is -0.206. The van der Waals surface area contributed by atoms with Crippen LogP contribution in [0.15, 0.2) is 55.0 Å². The number of nitrogens with zero attached hydrogens (tertiary/aromatic N) is 2. The fraction of sp³-hybridized carbons (Fsp3) is 0.300. The Kier molecular flexibility index (Phi) is 4.84. The molecule has 1 fully saturated rings. The average Bonchev–Trinajstić information content (AvgIpc) is 3.15. The van der Waals surface area contributed by atoms with E-state index < -0.39 is 0 Å². The standard InChI is InChI=1S/C20H23N5O/c26-20(23-14-15-7-11-25-12-10-22-19(25)13-15)24-18-3-1-16(2-4-18)17-5-8-21-9-6-17/h1-4,7,10-13,17,21H,5-6,8-9,14H2,(H2,23,24,26). The molecule has 0 aliphatic carbocycles. The monoisotopic (exact) mass is 349 g/mol. The Morgan fingerprint density at radius 1 is 1.15 bits per heavy atom. The van der Waals surface area contributed by atoms with Gasteiger partial charge in [-0.25, -0.2) is 9.78 Å². The highest BCUT2D eigenvalue weighted by Gasteiger charge is 2.14. The summed E-state index contributed by atoms with van der Waals surface area (Å²) in [5, 5.41) is 9.17. The number of urea groups is 1. The number of benzene rings is 1. The molecule has 0 unspecified atom stereocenters. The van der Waals surface area contributed by atoms with E-state index in [0.717, 1.165) is 30.0 Å². The molecule has 3 heterocycles. The molecule has 6 heteroatoms. The number of carbonyl (C=O) groups is 1. The Morgan fingerprint density at radius 3 is 2.77 bits per heavy atom. The van der Waals surface area contributed by atoms with Crippen LogP contribution >= 0.6 is 0 Å². The summed E-state index contributed by atoms with van der Waals surface area (Å²) in [6, 6.07) is 11.9. The molecule has 26 heavy (non-hydrogen) atoms. The number of fused-ring (bicyclic) bond motifs is 1. The Morgan fingerprint density at radius 2 is 1.96 bits per heavy atom. The van der Waals surface area contributed by atoms with Crippen LogP contribution in [0.1, 0.15) is 29.9 Å². The van der Waals surface area contributed by atoms with Crippen LogP contribution in [0.3, 0.4) is 0 Å². The van der Waals surface area contributed by atoms with Crippen LogP contribution in [-0.2, 0) is 6.54 Å². The summed E-state index contributed by atoms with van der Waals surface area (Å²) in [6.07, 6.45) is 7.94. The minimum absolute atomic E-state index is 0.206.